The van der Waals surface area contributed by atoms with Gasteiger partial charge in [-0.25, -0.2) is 13.8 Å². The van der Waals surface area contributed by atoms with Gasteiger partial charge in [-0.05, 0) is 63.0 Å². The Hall–Kier alpha value is -3.04. The summed E-state index contributed by atoms with van der Waals surface area (Å²) in [6.07, 6.45) is 3.88. The number of nitrogens with zero attached hydrogens (tertiary/aromatic N) is 3. The number of hydrogen-bond acceptors (Lipinski definition) is 5. The predicted molar refractivity (Wildman–Crippen MR) is 128 cm³/mol. The number of aromatic amines is 1. The molecule has 35 heavy (non-hydrogen) atoms. The van der Waals surface area contributed by atoms with E-state index in [2.05, 4.69) is 14.9 Å². The van der Waals surface area contributed by atoms with Gasteiger partial charge in [0.25, 0.3) is 0 Å². The van der Waals surface area contributed by atoms with E-state index >= 15 is 0 Å². The van der Waals surface area contributed by atoms with E-state index in [0.29, 0.717) is 41.7 Å². The van der Waals surface area contributed by atoms with Gasteiger partial charge in [-0.2, -0.15) is 0 Å². The number of carbonyl (C=O) groups excluding carboxylic acids is 1. The lowest BCUT2D eigenvalue weighted by Gasteiger charge is -2.40. The van der Waals surface area contributed by atoms with Crippen LogP contribution in [0.25, 0.3) is 22.2 Å². The fourth-order valence-corrected chi connectivity index (χ4v) is 5.22. The van der Waals surface area contributed by atoms with Crippen LogP contribution in [0.4, 0.5) is 8.78 Å². The molecule has 1 saturated heterocycles. The number of hydrogen-bond donors (Lipinski definition) is 2. The van der Waals surface area contributed by atoms with Crippen molar-refractivity contribution in [2.75, 3.05) is 33.8 Å². The zero-order valence-electron chi connectivity index (χ0n) is 19.9. The summed E-state index contributed by atoms with van der Waals surface area (Å²) < 4.78 is 34.3. The average Bonchev–Trinajstić information content (AvgIpc) is 3.26. The van der Waals surface area contributed by atoms with Crippen LogP contribution in [0, 0.1) is 11.6 Å². The number of fused-ring (bicyclic) bond motifs is 1. The van der Waals surface area contributed by atoms with Crippen LogP contribution in [0.5, 0.6) is 5.75 Å². The Morgan fingerprint density at radius 2 is 2.00 bits per heavy atom. The molecule has 1 amide bonds. The summed E-state index contributed by atoms with van der Waals surface area (Å²) in [5.74, 6) is -0.315. The van der Waals surface area contributed by atoms with Crippen LogP contribution in [0.2, 0.25) is 0 Å². The number of piperidine rings is 1. The standard InChI is InChI=1S/C26H30F2N4O3/c1-31(17-10-18(33)11-17)24(34)14-32-7-5-15(6-8-32)22-12-20-25(21(28)13-29-26(20)30-22)19-9-16(27)3-4-23(19)35-2/h3-4,9,12-13,15,17-18,33H,5-8,10-11,14H2,1-2H3,(H,29,30). The minimum atomic E-state index is -0.539. The number of nitrogens with one attached hydrogen (secondary N) is 1. The maximum Gasteiger partial charge on any atom is 0.236 e. The first-order valence-electron chi connectivity index (χ1n) is 12.0. The summed E-state index contributed by atoms with van der Waals surface area (Å²) in [5.41, 5.74) is 2.12. The second-order valence-corrected chi connectivity index (χ2v) is 9.65. The van der Waals surface area contributed by atoms with Crippen LogP contribution >= 0.6 is 0 Å². The Labute approximate surface area is 202 Å². The van der Waals surface area contributed by atoms with Crippen LogP contribution in [0.15, 0.2) is 30.5 Å². The van der Waals surface area contributed by atoms with Gasteiger partial charge in [-0.15, -0.1) is 0 Å². The number of aliphatic hydroxyl groups is 1. The van der Waals surface area contributed by atoms with Crippen molar-refractivity contribution < 1.29 is 23.4 Å². The fourth-order valence-electron chi connectivity index (χ4n) is 5.22. The molecule has 2 aromatic heterocycles. The summed E-state index contributed by atoms with van der Waals surface area (Å²) >= 11 is 0. The number of carbonyl (C=O) groups is 1. The number of halogens is 2. The van der Waals surface area contributed by atoms with Crippen LogP contribution in [-0.2, 0) is 4.79 Å². The Bertz CT molecular complexity index is 1230. The molecule has 186 valence electrons. The number of methoxy groups -OCH3 is 1. The van der Waals surface area contributed by atoms with Crippen molar-refractivity contribution >= 4 is 16.9 Å². The molecule has 3 heterocycles. The molecule has 7 nitrogen and oxygen atoms in total. The molecule has 2 aliphatic rings. The highest BCUT2D eigenvalue weighted by Gasteiger charge is 2.33. The van der Waals surface area contributed by atoms with E-state index in [1.54, 1.807) is 4.90 Å². The normalized spacial score (nSPS) is 21.2. The van der Waals surface area contributed by atoms with Crippen molar-refractivity contribution in [1.29, 1.82) is 0 Å². The molecule has 1 saturated carbocycles. The molecule has 3 aromatic rings. The molecular formula is C26H30F2N4O3. The second kappa shape index (κ2) is 9.54. The van der Waals surface area contributed by atoms with E-state index in [1.165, 1.54) is 25.3 Å². The van der Waals surface area contributed by atoms with E-state index in [0.717, 1.165) is 37.8 Å². The van der Waals surface area contributed by atoms with E-state index in [1.807, 2.05) is 13.1 Å². The molecule has 0 radical (unpaired) electrons. The van der Waals surface area contributed by atoms with Crippen molar-refractivity contribution in [3.05, 3.63) is 47.8 Å². The van der Waals surface area contributed by atoms with E-state index < -0.39 is 11.6 Å². The average molecular weight is 485 g/mol. The van der Waals surface area contributed by atoms with Gasteiger partial charge in [0.1, 0.15) is 23.0 Å². The molecular weight excluding hydrogens is 454 g/mol. The second-order valence-electron chi connectivity index (χ2n) is 9.65. The van der Waals surface area contributed by atoms with Gasteiger partial charge in [0, 0.05) is 41.2 Å². The minimum absolute atomic E-state index is 0.0827. The monoisotopic (exact) mass is 484 g/mol. The van der Waals surface area contributed by atoms with Crippen molar-refractivity contribution in [2.45, 2.75) is 43.7 Å². The first-order valence-corrected chi connectivity index (χ1v) is 12.0. The number of likely N-dealkylation sites (N-methyl/N-ethyl adjacent to an activating group) is 1. The number of benzene rings is 1. The number of likely N-dealkylation sites (tertiary alicyclic amines) is 1. The van der Waals surface area contributed by atoms with Crippen molar-refractivity contribution in [2.24, 2.45) is 0 Å². The first kappa shape index (κ1) is 23.7. The summed E-state index contributed by atoms with van der Waals surface area (Å²) in [7, 11) is 3.29. The molecule has 5 rings (SSSR count). The molecule has 1 aliphatic heterocycles. The third kappa shape index (κ3) is 4.62. The molecule has 9 heteroatoms. The molecule has 0 atom stereocenters. The van der Waals surface area contributed by atoms with Crippen LogP contribution in [-0.4, -0.2) is 76.7 Å². The van der Waals surface area contributed by atoms with Gasteiger partial charge in [0.2, 0.25) is 5.91 Å². The van der Waals surface area contributed by atoms with Crippen molar-refractivity contribution in [3.63, 3.8) is 0 Å². The number of amides is 1. The smallest absolute Gasteiger partial charge is 0.236 e. The number of ether oxygens (including phenoxy) is 1. The maximum absolute atomic E-state index is 14.9. The number of H-pyrrole nitrogens is 1. The SMILES string of the molecule is COc1ccc(F)cc1-c1c(F)cnc2[nH]c(C3CCN(CC(=O)N(C)C4CC(O)C4)CC3)cc12. The lowest BCUT2D eigenvalue weighted by molar-refractivity contribution is -0.137. The molecule has 0 bridgehead atoms. The van der Waals surface area contributed by atoms with E-state index in [-0.39, 0.29) is 29.5 Å². The largest absolute Gasteiger partial charge is 0.496 e. The lowest BCUT2D eigenvalue weighted by Crippen LogP contribution is -2.51. The maximum atomic E-state index is 14.9. The number of rotatable bonds is 6. The summed E-state index contributed by atoms with van der Waals surface area (Å²) in [5, 5.41) is 10.1. The summed E-state index contributed by atoms with van der Waals surface area (Å²) in [6, 6.07) is 6.10. The van der Waals surface area contributed by atoms with Gasteiger partial charge < -0.3 is 19.7 Å². The summed E-state index contributed by atoms with van der Waals surface area (Å²) in [6.45, 7) is 1.93. The Kier molecular flexibility index (Phi) is 6.46. The zero-order valence-corrected chi connectivity index (χ0v) is 19.9. The van der Waals surface area contributed by atoms with Crippen molar-refractivity contribution in [3.8, 4) is 16.9 Å². The van der Waals surface area contributed by atoms with Gasteiger partial charge in [0.05, 0.1) is 26.0 Å². The molecule has 2 N–H and O–H groups in total. The van der Waals surface area contributed by atoms with Crippen LogP contribution in [0.3, 0.4) is 0 Å². The highest BCUT2D eigenvalue weighted by molar-refractivity contribution is 5.95. The van der Waals surface area contributed by atoms with Gasteiger partial charge in [-0.3, -0.25) is 9.69 Å². The van der Waals surface area contributed by atoms with E-state index in [9.17, 15) is 18.7 Å². The van der Waals surface area contributed by atoms with Gasteiger partial charge in [-0.1, -0.05) is 0 Å². The van der Waals surface area contributed by atoms with Crippen LogP contribution < -0.4 is 4.74 Å². The minimum Gasteiger partial charge on any atom is -0.496 e. The third-order valence-electron chi connectivity index (χ3n) is 7.48. The fraction of sp³-hybridized carbons (Fsp3) is 0.462. The number of pyridine rings is 1. The highest BCUT2D eigenvalue weighted by Crippen LogP contribution is 2.39. The highest BCUT2D eigenvalue weighted by atomic mass is 19.1. The van der Waals surface area contributed by atoms with Gasteiger partial charge >= 0.3 is 0 Å². The first-order chi connectivity index (χ1) is 16.8. The number of aromatic nitrogens is 2. The predicted octanol–water partition coefficient (Wildman–Crippen LogP) is 3.68. The Morgan fingerprint density at radius 3 is 2.69 bits per heavy atom. The summed E-state index contributed by atoms with van der Waals surface area (Å²) in [4.78, 5) is 24.1. The van der Waals surface area contributed by atoms with Crippen LogP contribution in [0.1, 0.15) is 37.3 Å². The Morgan fingerprint density at radius 1 is 1.26 bits per heavy atom. The molecule has 0 spiro atoms. The van der Waals surface area contributed by atoms with Crippen molar-refractivity contribution in [1.82, 2.24) is 19.8 Å². The lowest BCUT2D eigenvalue weighted by atomic mass is 9.88. The molecule has 0 unspecified atom stereocenters. The quantitative estimate of drug-likeness (QED) is 0.558. The molecule has 1 aliphatic carbocycles. The molecule has 1 aromatic carbocycles. The van der Waals surface area contributed by atoms with Gasteiger partial charge in [0.15, 0.2) is 0 Å². The number of aliphatic hydroxyl groups excluding tert-OH is 1. The Balaban J connectivity index is 1.31. The van der Waals surface area contributed by atoms with E-state index in [4.69, 9.17) is 4.74 Å². The zero-order chi connectivity index (χ0) is 24.7. The topological polar surface area (TPSA) is 81.7 Å². The molecule has 2 fully saturated rings. The third-order valence-corrected chi connectivity index (χ3v) is 7.48.